The highest BCUT2D eigenvalue weighted by atomic mass is 79.9. The second-order valence-corrected chi connectivity index (χ2v) is 7.45. The summed E-state index contributed by atoms with van der Waals surface area (Å²) in [5.74, 6) is -0.256. The summed E-state index contributed by atoms with van der Waals surface area (Å²) < 4.78 is 13.8. The molecule has 21 heavy (non-hydrogen) atoms. The zero-order valence-electron chi connectivity index (χ0n) is 11.7. The Bertz CT molecular complexity index is 633. The lowest BCUT2D eigenvalue weighted by Crippen LogP contribution is -2.35. The third-order valence-electron chi connectivity index (χ3n) is 4.14. The second-order valence-electron chi connectivity index (χ2n) is 5.74. The molecule has 2 aromatic rings. The Morgan fingerprint density at radius 2 is 1.90 bits per heavy atom. The van der Waals surface area contributed by atoms with Crippen molar-refractivity contribution in [3.63, 3.8) is 0 Å². The largest absolute Gasteiger partial charge is 0.319 e. The minimum atomic E-state index is -0.281. The quantitative estimate of drug-likeness (QED) is 0.737. The van der Waals surface area contributed by atoms with Crippen molar-refractivity contribution in [1.82, 2.24) is 4.98 Å². The molecule has 2 nitrogen and oxygen atoms in total. The number of hydrogen-bond donors (Lipinski definition) is 1. The fraction of sp³-hybridized carbons (Fsp3) is 0.438. The second kappa shape index (κ2) is 6.15. The molecule has 1 aromatic heterocycles. The van der Waals surface area contributed by atoms with Gasteiger partial charge in [0.25, 0.3) is 0 Å². The van der Waals surface area contributed by atoms with Crippen LogP contribution in [0.5, 0.6) is 0 Å². The SMILES string of the molecule is NC1(c2nc(-c3ccc(F)c(Br)c3)cs2)CCCCCC1. The number of rotatable bonds is 2. The summed E-state index contributed by atoms with van der Waals surface area (Å²) in [7, 11) is 0. The number of hydrogen-bond acceptors (Lipinski definition) is 3. The van der Waals surface area contributed by atoms with E-state index in [4.69, 9.17) is 10.7 Å². The summed E-state index contributed by atoms with van der Waals surface area (Å²) in [6, 6.07) is 4.99. The van der Waals surface area contributed by atoms with Gasteiger partial charge in [0, 0.05) is 10.9 Å². The van der Waals surface area contributed by atoms with Gasteiger partial charge in [0.2, 0.25) is 0 Å². The maximum atomic E-state index is 13.3. The Morgan fingerprint density at radius 3 is 2.57 bits per heavy atom. The highest BCUT2D eigenvalue weighted by Gasteiger charge is 2.31. The monoisotopic (exact) mass is 368 g/mol. The Kier molecular flexibility index (Phi) is 4.43. The van der Waals surface area contributed by atoms with E-state index < -0.39 is 0 Å². The van der Waals surface area contributed by atoms with Gasteiger partial charge >= 0.3 is 0 Å². The molecule has 1 heterocycles. The van der Waals surface area contributed by atoms with Crippen LogP contribution in [-0.4, -0.2) is 4.98 Å². The molecule has 0 amide bonds. The van der Waals surface area contributed by atoms with Gasteiger partial charge in [-0.3, -0.25) is 0 Å². The van der Waals surface area contributed by atoms with Crippen LogP contribution in [0.4, 0.5) is 4.39 Å². The van der Waals surface area contributed by atoms with Gasteiger partial charge in [-0.2, -0.15) is 0 Å². The molecule has 0 unspecified atom stereocenters. The van der Waals surface area contributed by atoms with Crippen molar-refractivity contribution in [2.75, 3.05) is 0 Å². The molecule has 112 valence electrons. The lowest BCUT2D eigenvalue weighted by molar-refractivity contribution is 0.384. The summed E-state index contributed by atoms with van der Waals surface area (Å²) >= 11 is 4.85. The lowest BCUT2D eigenvalue weighted by Gasteiger charge is -2.25. The van der Waals surface area contributed by atoms with Gasteiger partial charge in [-0.1, -0.05) is 25.7 Å². The van der Waals surface area contributed by atoms with Gasteiger partial charge in [-0.05, 0) is 47.0 Å². The summed E-state index contributed by atoms with van der Waals surface area (Å²) in [6.45, 7) is 0. The van der Waals surface area contributed by atoms with Crippen molar-refractivity contribution in [2.24, 2.45) is 5.73 Å². The molecule has 0 spiro atoms. The van der Waals surface area contributed by atoms with Crippen LogP contribution in [0.3, 0.4) is 0 Å². The van der Waals surface area contributed by atoms with Crippen LogP contribution < -0.4 is 5.73 Å². The first-order valence-electron chi connectivity index (χ1n) is 7.29. The van der Waals surface area contributed by atoms with E-state index in [1.165, 1.54) is 31.7 Å². The van der Waals surface area contributed by atoms with E-state index in [9.17, 15) is 4.39 Å². The van der Waals surface area contributed by atoms with E-state index in [1.54, 1.807) is 23.5 Å². The molecule has 0 radical (unpaired) electrons. The molecule has 1 aromatic carbocycles. The standard InChI is InChI=1S/C16H18BrFN2S/c17-12-9-11(5-6-13(12)18)14-10-21-15(20-14)16(19)7-3-1-2-4-8-16/h5-6,9-10H,1-4,7-8,19H2. The van der Waals surface area contributed by atoms with Gasteiger partial charge in [-0.15, -0.1) is 11.3 Å². The van der Waals surface area contributed by atoms with E-state index in [1.807, 2.05) is 5.38 Å². The Labute approximate surface area is 136 Å². The smallest absolute Gasteiger partial charge is 0.137 e. The molecule has 0 aliphatic heterocycles. The van der Waals surface area contributed by atoms with Crippen molar-refractivity contribution in [2.45, 2.75) is 44.1 Å². The van der Waals surface area contributed by atoms with Crippen LogP contribution in [0.2, 0.25) is 0 Å². The molecule has 5 heteroatoms. The zero-order chi connectivity index (χ0) is 14.9. The normalized spacial score (nSPS) is 18.4. The predicted octanol–water partition coefficient (Wildman–Crippen LogP) is 5.22. The number of thiazole rings is 1. The Balaban J connectivity index is 1.90. The van der Waals surface area contributed by atoms with E-state index in [0.717, 1.165) is 29.1 Å². The van der Waals surface area contributed by atoms with Crippen LogP contribution in [0, 0.1) is 5.82 Å². The van der Waals surface area contributed by atoms with Gasteiger partial charge in [0.05, 0.1) is 15.7 Å². The highest BCUT2D eigenvalue weighted by molar-refractivity contribution is 9.10. The van der Waals surface area contributed by atoms with Crippen molar-refractivity contribution >= 4 is 27.3 Å². The maximum absolute atomic E-state index is 13.3. The summed E-state index contributed by atoms with van der Waals surface area (Å²) in [5, 5.41) is 3.04. The molecule has 0 saturated heterocycles. The molecule has 0 bridgehead atoms. The lowest BCUT2D eigenvalue weighted by atomic mass is 9.92. The Hall–Kier alpha value is -0.780. The van der Waals surface area contributed by atoms with E-state index in [0.29, 0.717) is 4.47 Å². The van der Waals surface area contributed by atoms with Crippen molar-refractivity contribution < 1.29 is 4.39 Å². The molecule has 1 fully saturated rings. The average Bonchev–Trinajstić information content (AvgIpc) is 2.86. The molecule has 3 rings (SSSR count). The van der Waals surface area contributed by atoms with Gasteiger partial charge < -0.3 is 5.73 Å². The number of nitrogens with zero attached hydrogens (tertiary/aromatic N) is 1. The van der Waals surface area contributed by atoms with Gasteiger partial charge in [-0.25, -0.2) is 9.37 Å². The summed E-state index contributed by atoms with van der Waals surface area (Å²) in [5.41, 5.74) is 8.12. The van der Waals surface area contributed by atoms with E-state index >= 15 is 0 Å². The predicted molar refractivity (Wildman–Crippen MR) is 88.8 cm³/mol. The first-order chi connectivity index (χ1) is 10.1. The van der Waals surface area contributed by atoms with E-state index in [-0.39, 0.29) is 11.4 Å². The topological polar surface area (TPSA) is 38.9 Å². The molecule has 1 aliphatic rings. The molecular formula is C16H18BrFN2S. The third kappa shape index (κ3) is 3.20. The summed E-state index contributed by atoms with van der Waals surface area (Å²) in [6.07, 6.45) is 6.89. The highest BCUT2D eigenvalue weighted by Crippen LogP contribution is 2.37. The fourth-order valence-corrected chi connectivity index (χ4v) is 4.24. The maximum Gasteiger partial charge on any atom is 0.137 e. The minimum absolute atomic E-state index is 0.256. The zero-order valence-corrected chi connectivity index (χ0v) is 14.1. The Morgan fingerprint density at radius 1 is 1.19 bits per heavy atom. The third-order valence-corrected chi connectivity index (χ3v) is 5.81. The summed E-state index contributed by atoms with van der Waals surface area (Å²) in [4.78, 5) is 4.74. The fourth-order valence-electron chi connectivity index (χ4n) is 2.86. The number of halogens is 2. The van der Waals surface area contributed by atoms with Crippen LogP contribution in [0.25, 0.3) is 11.3 Å². The molecular weight excluding hydrogens is 351 g/mol. The van der Waals surface area contributed by atoms with Gasteiger partial charge in [0.15, 0.2) is 0 Å². The first-order valence-corrected chi connectivity index (χ1v) is 8.96. The van der Waals surface area contributed by atoms with Crippen LogP contribution >= 0.6 is 27.3 Å². The first kappa shape index (κ1) is 15.1. The van der Waals surface area contributed by atoms with Crippen molar-refractivity contribution in [3.8, 4) is 11.3 Å². The van der Waals surface area contributed by atoms with Crippen LogP contribution in [0.1, 0.15) is 43.5 Å². The molecule has 0 atom stereocenters. The van der Waals surface area contributed by atoms with Crippen molar-refractivity contribution in [3.05, 3.63) is 38.9 Å². The number of aromatic nitrogens is 1. The van der Waals surface area contributed by atoms with Crippen LogP contribution in [0.15, 0.2) is 28.1 Å². The molecule has 1 aliphatic carbocycles. The number of nitrogens with two attached hydrogens (primary N) is 1. The van der Waals surface area contributed by atoms with Crippen LogP contribution in [-0.2, 0) is 5.54 Å². The minimum Gasteiger partial charge on any atom is -0.319 e. The molecule has 2 N–H and O–H groups in total. The van der Waals surface area contributed by atoms with E-state index in [2.05, 4.69) is 15.9 Å². The van der Waals surface area contributed by atoms with Crippen molar-refractivity contribution in [1.29, 1.82) is 0 Å². The van der Waals surface area contributed by atoms with Gasteiger partial charge in [0.1, 0.15) is 10.8 Å². The average molecular weight is 369 g/mol. The number of benzene rings is 1. The molecule has 1 saturated carbocycles.